The van der Waals surface area contributed by atoms with Crippen LogP contribution in [0.3, 0.4) is 0 Å². The predicted molar refractivity (Wildman–Crippen MR) is 79.0 cm³/mol. The average molecular weight is 258 g/mol. The van der Waals surface area contributed by atoms with Crippen molar-refractivity contribution in [1.29, 1.82) is 0 Å². The monoisotopic (exact) mass is 258 g/mol. The summed E-state index contributed by atoms with van der Waals surface area (Å²) in [4.78, 5) is 14.2. The number of aromatic nitrogens is 1. The lowest BCUT2D eigenvalue weighted by Crippen LogP contribution is -2.44. The van der Waals surface area contributed by atoms with E-state index in [-0.39, 0.29) is 5.56 Å². The van der Waals surface area contributed by atoms with Crippen molar-refractivity contribution in [1.82, 2.24) is 4.98 Å². The summed E-state index contributed by atoms with van der Waals surface area (Å²) in [5, 5.41) is 0. The highest BCUT2D eigenvalue weighted by Gasteiger charge is 2.37. The molecule has 19 heavy (non-hydrogen) atoms. The van der Waals surface area contributed by atoms with E-state index in [1.54, 1.807) is 6.07 Å². The molecule has 1 aliphatic rings. The molecule has 0 bridgehead atoms. The summed E-state index contributed by atoms with van der Waals surface area (Å²) in [5.74, 6) is 0.329. The van der Waals surface area contributed by atoms with E-state index in [0.717, 1.165) is 17.7 Å². The SMILES string of the molecule is CC=C1C(C)C=C(C)CC1(N)c1ccc(=O)[nH]c1C. The zero-order chi connectivity index (χ0) is 14.2. The Balaban J connectivity index is 2.63. The Morgan fingerprint density at radius 3 is 2.68 bits per heavy atom. The molecule has 0 aromatic carbocycles. The Labute approximate surface area is 114 Å². The fourth-order valence-electron chi connectivity index (χ4n) is 3.36. The molecule has 2 unspecified atom stereocenters. The quantitative estimate of drug-likeness (QED) is 0.761. The fraction of sp³-hybridized carbons (Fsp3) is 0.438. The summed E-state index contributed by atoms with van der Waals surface area (Å²) < 4.78 is 0. The maximum absolute atomic E-state index is 11.4. The number of H-pyrrole nitrogens is 1. The number of aryl methyl sites for hydroxylation is 1. The first-order chi connectivity index (χ1) is 8.88. The van der Waals surface area contributed by atoms with E-state index in [0.29, 0.717) is 5.92 Å². The van der Waals surface area contributed by atoms with Crippen molar-refractivity contribution >= 4 is 0 Å². The molecule has 2 rings (SSSR count). The summed E-state index contributed by atoms with van der Waals surface area (Å²) in [6.07, 6.45) is 5.17. The summed E-state index contributed by atoms with van der Waals surface area (Å²) in [6, 6.07) is 3.42. The van der Waals surface area contributed by atoms with Gasteiger partial charge in [-0.15, -0.1) is 0 Å². The largest absolute Gasteiger partial charge is 0.326 e. The lowest BCUT2D eigenvalue weighted by Gasteiger charge is -2.40. The molecule has 1 aromatic heterocycles. The van der Waals surface area contributed by atoms with Gasteiger partial charge in [0.2, 0.25) is 5.56 Å². The Morgan fingerprint density at radius 2 is 2.11 bits per heavy atom. The minimum Gasteiger partial charge on any atom is -0.326 e. The van der Waals surface area contributed by atoms with Crippen LogP contribution in [-0.4, -0.2) is 4.98 Å². The first-order valence-corrected chi connectivity index (χ1v) is 6.71. The number of nitrogens with two attached hydrogens (primary N) is 1. The van der Waals surface area contributed by atoms with Gasteiger partial charge in [0.1, 0.15) is 0 Å². The molecule has 0 radical (unpaired) electrons. The molecule has 3 heteroatoms. The van der Waals surface area contributed by atoms with Crippen LogP contribution in [0.2, 0.25) is 0 Å². The number of aromatic amines is 1. The molecule has 0 aliphatic heterocycles. The predicted octanol–water partition coefficient (Wildman–Crippen LogP) is 2.77. The number of allylic oxidation sites excluding steroid dienone is 2. The molecular formula is C16H22N2O. The highest BCUT2D eigenvalue weighted by molar-refractivity contribution is 5.43. The number of pyridine rings is 1. The van der Waals surface area contributed by atoms with Crippen LogP contribution in [0, 0.1) is 12.8 Å². The van der Waals surface area contributed by atoms with Gasteiger partial charge in [-0.2, -0.15) is 0 Å². The molecule has 0 spiro atoms. The van der Waals surface area contributed by atoms with Crippen LogP contribution < -0.4 is 11.3 Å². The molecule has 3 nitrogen and oxygen atoms in total. The van der Waals surface area contributed by atoms with Crippen molar-refractivity contribution in [2.45, 2.75) is 39.7 Å². The third-order valence-electron chi connectivity index (χ3n) is 4.01. The van der Waals surface area contributed by atoms with E-state index in [1.165, 1.54) is 11.1 Å². The number of rotatable bonds is 1. The zero-order valence-electron chi connectivity index (χ0n) is 12.1. The van der Waals surface area contributed by atoms with Crippen molar-refractivity contribution < 1.29 is 0 Å². The second-order valence-electron chi connectivity index (χ2n) is 5.56. The van der Waals surface area contributed by atoms with Gasteiger partial charge in [-0.05, 0) is 50.3 Å². The van der Waals surface area contributed by atoms with E-state index in [4.69, 9.17) is 5.73 Å². The second-order valence-corrected chi connectivity index (χ2v) is 5.56. The van der Waals surface area contributed by atoms with Crippen LogP contribution in [0.5, 0.6) is 0 Å². The number of nitrogens with one attached hydrogen (secondary N) is 1. The Kier molecular flexibility index (Phi) is 3.50. The average Bonchev–Trinajstić information content (AvgIpc) is 2.27. The van der Waals surface area contributed by atoms with Crippen LogP contribution in [0.4, 0.5) is 0 Å². The maximum Gasteiger partial charge on any atom is 0.248 e. The van der Waals surface area contributed by atoms with Gasteiger partial charge in [-0.3, -0.25) is 4.79 Å². The third-order valence-corrected chi connectivity index (χ3v) is 4.01. The fourth-order valence-corrected chi connectivity index (χ4v) is 3.36. The van der Waals surface area contributed by atoms with Crippen molar-refractivity contribution in [2.75, 3.05) is 0 Å². The smallest absolute Gasteiger partial charge is 0.248 e. The summed E-state index contributed by atoms with van der Waals surface area (Å²) >= 11 is 0. The lowest BCUT2D eigenvalue weighted by atomic mass is 9.69. The number of hydrogen-bond acceptors (Lipinski definition) is 2. The van der Waals surface area contributed by atoms with E-state index in [9.17, 15) is 4.79 Å². The Morgan fingerprint density at radius 1 is 1.42 bits per heavy atom. The molecule has 1 aliphatic carbocycles. The molecule has 1 aromatic rings. The van der Waals surface area contributed by atoms with Gasteiger partial charge in [0.25, 0.3) is 0 Å². The molecular weight excluding hydrogens is 236 g/mol. The summed E-state index contributed by atoms with van der Waals surface area (Å²) in [7, 11) is 0. The van der Waals surface area contributed by atoms with Crippen molar-refractivity contribution in [3.8, 4) is 0 Å². The van der Waals surface area contributed by atoms with Gasteiger partial charge in [0, 0.05) is 11.8 Å². The molecule has 2 atom stereocenters. The van der Waals surface area contributed by atoms with Gasteiger partial charge in [-0.1, -0.05) is 24.6 Å². The minimum atomic E-state index is -0.513. The Bertz CT molecular complexity index is 609. The van der Waals surface area contributed by atoms with Gasteiger partial charge in [-0.25, -0.2) is 0 Å². The first-order valence-electron chi connectivity index (χ1n) is 6.71. The van der Waals surface area contributed by atoms with E-state index >= 15 is 0 Å². The zero-order valence-corrected chi connectivity index (χ0v) is 12.1. The second kappa shape index (κ2) is 4.82. The molecule has 3 N–H and O–H groups in total. The van der Waals surface area contributed by atoms with Gasteiger partial charge < -0.3 is 10.7 Å². The maximum atomic E-state index is 11.4. The van der Waals surface area contributed by atoms with Crippen molar-refractivity contribution in [3.05, 3.63) is 57.0 Å². The third kappa shape index (κ3) is 2.30. The summed E-state index contributed by atoms with van der Waals surface area (Å²) in [5.41, 5.74) is 10.5. The van der Waals surface area contributed by atoms with Crippen LogP contribution >= 0.6 is 0 Å². The van der Waals surface area contributed by atoms with E-state index in [1.807, 2.05) is 19.9 Å². The van der Waals surface area contributed by atoms with Crippen LogP contribution in [-0.2, 0) is 5.54 Å². The van der Waals surface area contributed by atoms with Crippen LogP contribution in [0.1, 0.15) is 38.4 Å². The van der Waals surface area contributed by atoms with Gasteiger partial charge in [0.05, 0.1) is 5.54 Å². The van der Waals surface area contributed by atoms with Crippen LogP contribution in [0.25, 0.3) is 0 Å². The summed E-state index contributed by atoms with van der Waals surface area (Å²) in [6.45, 7) is 8.23. The standard InChI is InChI=1S/C16H22N2O/c1-5-13-11(3)8-10(2)9-16(13,17)14-6-7-15(19)18-12(14)4/h5-8,11H,9,17H2,1-4H3,(H,18,19). The van der Waals surface area contributed by atoms with Gasteiger partial charge >= 0.3 is 0 Å². The van der Waals surface area contributed by atoms with E-state index < -0.39 is 5.54 Å². The van der Waals surface area contributed by atoms with Crippen molar-refractivity contribution in [3.63, 3.8) is 0 Å². The first kappa shape index (κ1) is 13.8. The molecule has 0 saturated carbocycles. The van der Waals surface area contributed by atoms with E-state index in [2.05, 4.69) is 31.0 Å². The molecule has 0 saturated heterocycles. The molecule has 0 fully saturated rings. The molecule has 0 amide bonds. The Hall–Kier alpha value is -1.61. The number of hydrogen-bond donors (Lipinski definition) is 2. The topological polar surface area (TPSA) is 58.9 Å². The molecule has 102 valence electrons. The minimum absolute atomic E-state index is 0.0806. The molecule has 1 heterocycles. The van der Waals surface area contributed by atoms with Crippen molar-refractivity contribution in [2.24, 2.45) is 11.7 Å². The lowest BCUT2D eigenvalue weighted by molar-refractivity contribution is 0.453. The highest BCUT2D eigenvalue weighted by Crippen LogP contribution is 2.42. The highest BCUT2D eigenvalue weighted by atomic mass is 16.1. The van der Waals surface area contributed by atoms with Crippen LogP contribution in [0.15, 0.2) is 40.2 Å². The normalized spacial score (nSPS) is 29.4. The van der Waals surface area contributed by atoms with Gasteiger partial charge in [0.15, 0.2) is 0 Å².